The maximum atomic E-state index is 10.8. The van der Waals surface area contributed by atoms with Gasteiger partial charge < -0.3 is 15.1 Å². The summed E-state index contributed by atoms with van der Waals surface area (Å²) < 4.78 is 0. The second kappa shape index (κ2) is 6.11. The third-order valence-electron chi connectivity index (χ3n) is 3.67. The smallest absolute Gasteiger partial charge is 0.307 e. The minimum Gasteiger partial charge on any atom is -0.481 e. The lowest BCUT2D eigenvalue weighted by molar-refractivity contribution is -0.136. The highest BCUT2D eigenvalue weighted by Crippen LogP contribution is 2.22. The van der Waals surface area contributed by atoms with Gasteiger partial charge in [-0.15, -0.1) is 0 Å². The number of hydrogen-bond acceptors (Lipinski definition) is 5. The van der Waals surface area contributed by atoms with E-state index in [1.807, 2.05) is 23.1 Å². The molecule has 3 rings (SSSR count). The van der Waals surface area contributed by atoms with Crippen LogP contribution in [0, 0.1) is 0 Å². The third-order valence-corrected chi connectivity index (χ3v) is 3.67. The first-order valence-electron chi connectivity index (χ1n) is 7.19. The van der Waals surface area contributed by atoms with Crippen molar-refractivity contribution >= 4 is 11.8 Å². The molecule has 1 unspecified atom stereocenters. The van der Waals surface area contributed by atoms with Gasteiger partial charge >= 0.3 is 5.97 Å². The van der Waals surface area contributed by atoms with Crippen molar-refractivity contribution in [1.82, 2.24) is 9.97 Å². The number of anilines is 1. The van der Waals surface area contributed by atoms with Crippen LogP contribution in [0.5, 0.6) is 0 Å². The van der Waals surface area contributed by atoms with E-state index in [1.165, 1.54) is 0 Å². The molecule has 1 atom stereocenters. The summed E-state index contributed by atoms with van der Waals surface area (Å²) in [6.07, 6.45) is 2.10. The Morgan fingerprint density at radius 1 is 1.36 bits per heavy atom. The molecule has 0 bridgehead atoms. The van der Waals surface area contributed by atoms with Crippen molar-refractivity contribution in [2.45, 2.75) is 18.9 Å². The highest BCUT2D eigenvalue weighted by atomic mass is 16.4. The van der Waals surface area contributed by atoms with E-state index in [0.717, 1.165) is 29.9 Å². The summed E-state index contributed by atoms with van der Waals surface area (Å²) in [5.41, 5.74) is 1.51. The van der Waals surface area contributed by atoms with E-state index in [0.29, 0.717) is 12.4 Å². The molecular formula is C16H17N3O3. The zero-order valence-electron chi connectivity index (χ0n) is 12.0. The average Bonchev–Trinajstić information content (AvgIpc) is 2.94. The number of hydrogen-bond donors (Lipinski definition) is 2. The van der Waals surface area contributed by atoms with E-state index < -0.39 is 5.97 Å². The minimum atomic E-state index is -0.863. The molecule has 1 aliphatic heterocycles. The van der Waals surface area contributed by atoms with Crippen LogP contribution in [0.3, 0.4) is 0 Å². The van der Waals surface area contributed by atoms with Gasteiger partial charge in [0.2, 0.25) is 0 Å². The summed E-state index contributed by atoms with van der Waals surface area (Å²) in [5, 5.41) is 18.5. The van der Waals surface area contributed by atoms with E-state index in [2.05, 4.69) is 9.97 Å². The van der Waals surface area contributed by atoms with Crippen molar-refractivity contribution < 1.29 is 15.0 Å². The Morgan fingerprint density at radius 3 is 2.95 bits per heavy atom. The van der Waals surface area contributed by atoms with Crippen molar-refractivity contribution in [3.8, 4) is 11.4 Å². The first-order valence-corrected chi connectivity index (χ1v) is 7.19. The second-order valence-corrected chi connectivity index (χ2v) is 5.40. The molecule has 2 N–H and O–H groups in total. The van der Waals surface area contributed by atoms with E-state index in [1.54, 1.807) is 18.3 Å². The van der Waals surface area contributed by atoms with Gasteiger partial charge in [0.15, 0.2) is 5.82 Å². The van der Waals surface area contributed by atoms with Gasteiger partial charge in [0.25, 0.3) is 0 Å². The van der Waals surface area contributed by atoms with Gasteiger partial charge in [0.05, 0.1) is 12.5 Å². The summed E-state index contributed by atoms with van der Waals surface area (Å²) >= 11 is 0. The summed E-state index contributed by atoms with van der Waals surface area (Å²) in [5.74, 6) is 0.481. The first kappa shape index (κ1) is 14.5. The molecule has 0 amide bonds. The minimum absolute atomic E-state index is 0.0220. The van der Waals surface area contributed by atoms with Crippen molar-refractivity contribution in [2.75, 3.05) is 18.0 Å². The normalized spacial score (nSPS) is 17.7. The number of nitrogens with zero attached hydrogens (tertiary/aromatic N) is 3. The monoisotopic (exact) mass is 299 g/mol. The fraction of sp³-hybridized carbons (Fsp3) is 0.312. The van der Waals surface area contributed by atoms with Crippen LogP contribution in [-0.2, 0) is 11.2 Å². The number of β-amino-alcohol motifs (C(OH)–C–C–N with tert-alkyl or cyclic N) is 1. The molecule has 6 heteroatoms. The fourth-order valence-corrected chi connectivity index (χ4v) is 2.61. The predicted molar refractivity (Wildman–Crippen MR) is 81.6 cm³/mol. The van der Waals surface area contributed by atoms with E-state index in [4.69, 9.17) is 5.11 Å². The Hall–Kier alpha value is -2.47. The number of aliphatic carboxylic acids is 1. The topological polar surface area (TPSA) is 86.5 Å². The quantitative estimate of drug-likeness (QED) is 0.886. The number of aliphatic hydroxyl groups excluding tert-OH is 1. The number of aromatic nitrogens is 2. The summed E-state index contributed by atoms with van der Waals surface area (Å²) in [6, 6.07) is 9.07. The van der Waals surface area contributed by atoms with Crippen molar-refractivity contribution in [2.24, 2.45) is 0 Å². The van der Waals surface area contributed by atoms with Crippen molar-refractivity contribution in [3.05, 3.63) is 42.1 Å². The summed E-state index contributed by atoms with van der Waals surface area (Å²) in [7, 11) is 0. The first-order chi connectivity index (χ1) is 10.6. The molecule has 0 saturated carbocycles. The molecule has 1 aromatic carbocycles. The molecule has 114 valence electrons. The maximum absolute atomic E-state index is 10.8. The largest absolute Gasteiger partial charge is 0.481 e. The Labute approximate surface area is 128 Å². The Kier molecular flexibility index (Phi) is 4.02. The average molecular weight is 299 g/mol. The summed E-state index contributed by atoms with van der Waals surface area (Å²) in [6.45, 7) is 1.35. The lowest BCUT2D eigenvalue weighted by Crippen LogP contribution is -2.22. The molecule has 2 aromatic rings. The van der Waals surface area contributed by atoms with Crippen molar-refractivity contribution in [1.29, 1.82) is 0 Å². The Bertz CT molecular complexity index is 690. The van der Waals surface area contributed by atoms with Crippen LogP contribution < -0.4 is 4.90 Å². The van der Waals surface area contributed by atoms with Gasteiger partial charge in [-0.3, -0.25) is 4.79 Å². The zero-order chi connectivity index (χ0) is 15.5. The molecule has 1 saturated heterocycles. The number of carboxylic acid groups (broad SMARTS) is 1. The van der Waals surface area contributed by atoms with Crippen LogP contribution in [0.1, 0.15) is 12.0 Å². The molecule has 22 heavy (non-hydrogen) atoms. The third kappa shape index (κ3) is 3.23. The lowest BCUT2D eigenvalue weighted by Gasteiger charge is -2.16. The fourth-order valence-electron chi connectivity index (χ4n) is 2.61. The Morgan fingerprint density at radius 2 is 2.23 bits per heavy atom. The molecule has 0 aliphatic carbocycles. The van der Waals surface area contributed by atoms with Gasteiger partial charge in [-0.25, -0.2) is 9.97 Å². The van der Waals surface area contributed by atoms with Crippen LogP contribution in [0.2, 0.25) is 0 Å². The van der Waals surface area contributed by atoms with Gasteiger partial charge in [0, 0.05) is 24.8 Å². The van der Waals surface area contributed by atoms with Crippen LogP contribution >= 0.6 is 0 Å². The van der Waals surface area contributed by atoms with Crippen LogP contribution in [0.15, 0.2) is 36.5 Å². The van der Waals surface area contributed by atoms with Gasteiger partial charge in [0.1, 0.15) is 5.82 Å². The van der Waals surface area contributed by atoms with Gasteiger partial charge in [-0.2, -0.15) is 0 Å². The number of benzene rings is 1. The molecular weight excluding hydrogens is 282 g/mol. The highest BCUT2D eigenvalue weighted by Gasteiger charge is 2.21. The molecule has 1 aromatic heterocycles. The Balaban J connectivity index is 1.87. The number of carboxylic acids is 1. The van der Waals surface area contributed by atoms with E-state index in [-0.39, 0.29) is 12.5 Å². The zero-order valence-corrected chi connectivity index (χ0v) is 12.0. The molecule has 1 fully saturated rings. The standard InChI is InChI=1S/C16H17N3O3/c20-13-5-7-19(10-13)14-4-6-17-16(18-14)12-3-1-2-11(8-12)9-15(21)22/h1-4,6,8,13,20H,5,7,9-10H2,(H,21,22). The molecule has 0 spiro atoms. The van der Waals surface area contributed by atoms with Gasteiger partial charge in [-0.1, -0.05) is 18.2 Å². The SMILES string of the molecule is O=C(O)Cc1cccc(-c2nccc(N3CCC(O)C3)n2)c1. The van der Waals surface area contributed by atoms with Gasteiger partial charge in [-0.05, 0) is 24.1 Å². The lowest BCUT2D eigenvalue weighted by atomic mass is 10.1. The molecule has 6 nitrogen and oxygen atoms in total. The van der Waals surface area contributed by atoms with E-state index >= 15 is 0 Å². The number of rotatable bonds is 4. The predicted octanol–water partition coefficient (Wildman–Crippen LogP) is 1.34. The van der Waals surface area contributed by atoms with Crippen LogP contribution in [-0.4, -0.2) is 45.3 Å². The molecule has 2 heterocycles. The highest BCUT2D eigenvalue weighted by molar-refractivity contribution is 5.71. The molecule has 0 radical (unpaired) electrons. The van der Waals surface area contributed by atoms with Crippen LogP contribution in [0.4, 0.5) is 5.82 Å². The molecule has 1 aliphatic rings. The number of aliphatic hydroxyl groups is 1. The maximum Gasteiger partial charge on any atom is 0.307 e. The van der Waals surface area contributed by atoms with Crippen molar-refractivity contribution in [3.63, 3.8) is 0 Å². The summed E-state index contributed by atoms with van der Waals surface area (Å²) in [4.78, 5) is 21.6. The second-order valence-electron chi connectivity index (χ2n) is 5.40. The number of carbonyl (C=O) groups is 1. The van der Waals surface area contributed by atoms with Crippen LogP contribution in [0.25, 0.3) is 11.4 Å². The van der Waals surface area contributed by atoms with E-state index in [9.17, 15) is 9.90 Å².